The summed E-state index contributed by atoms with van der Waals surface area (Å²) in [5.74, 6) is -1.79. The minimum Gasteiger partial charge on any atom is -0.544 e. The highest BCUT2D eigenvalue weighted by Crippen LogP contribution is 2.16. The van der Waals surface area contributed by atoms with E-state index >= 15 is 0 Å². The maximum absolute atomic E-state index is 12.5. The molecule has 0 aliphatic carbocycles. The van der Waals surface area contributed by atoms with Gasteiger partial charge in [0.15, 0.2) is 6.10 Å². The number of quaternary nitrogens is 1. The van der Waals surface area contributed by atoms with Crippen LogP contribution in [0.3, 0.4) is 0 Å². The molecular weight excluding hydrogens is 679 g/mol. The van der Waals surface area contributed by atoms with Crippen LogP contribution in [0.15, 0.2) is 12.2 Å². The zero-order valence-electron chi connectivity index (χ0n) is 36.2. The molecule has 2 atom stereocenters. The summed E-state index contributed by atoms with van der Waals surface area (Å²) < 4.78 is 17.0. The number of likely N-dealkylation sites (N-methyl/N-ethyl adjacent to an activating group) is 1. The Kier molecular flexibility index (Phi) is 36.6. The molecule has 8 nitrogen and oxygen atoms in total. The van der Waals surface area contributed by atoms with Crippen molar-refractivity contribution in [1.29, 1.82) is 0 Å². The van der Waals surface area contributed by atoms with E-state index in [0.29, 0.717) is 12.8 Å². The van der Waals surface area contributed by atoms with Gasteiger partial charge in [0.1, 0.15) is 12.6 Å². The first-order valence-corrected chi connectivity index (χ1v) is 22.7. The van der Waals surface area contributed by atoms with Crippen LogP contribution in [0.1, 0.15) is 213 Å². The second-order valence-electron chi connectivity index (χ2n) is 16.6. The zero-order chi connectivity index (χ0) is 40.0. The van der Waals surface area contributed by atoms with E-state index in [2.05, 4.69) is 19.9 Å². The minimum absolute atomic E-state index is 0.0300. The van der Waals surface area contributed by atoms with Gasteiger partial charge < -0.3 is 28.6 Å². The van der Waals surface area contributed by atoms with Crippen LogP contribution in [0.2, 0.25) is 0 Å². The average molecular weight is 766 g/mol. The Morgan fingerprint density at radius 1 is 0.537 bits per heavy atom. The summed E-state index contributed by atoms with van der Waals surface area (Å²) >= 11 is 0. The highest BCUT2D eigenvalue weighted by Gasteiger charge is 2.25. The van der Waals surface area contributed by atoms with Crippen LogP contribution in [0.4, 0.5) is 0 Å². The van der Waals surface area contributed by atoms with Gasteiger partial charge in [0.2, 0.25) is 0 Å². The smallest absolute Gasteiger partial charge is 0.306 e. The lowest BCUT2D eigenvalue weighted by molar-refractivity contribution is -0.889. The Morgan fingerprint density at radius 3 is 1.41 bits per heavy atom. The molecule has 0 radical (unpaired) electrons. The van der Waals surface area contributed by atoms with Gasteiger partial charge in [-0.2, -0.15) is 0 Å². The van der Waals surface area contributed by atoms with Crippen molar-refractivity contribution in [3.05, 3.63) is 12.2 Å². The van der Waals surface area contributed by atoms with Gasteiger partial charge in [0, 0.05) is 19.3 Å². The van der Waals surface area contributed by atoms with Gasteiger partial charge in [-0.15, -0.1) is 0 Å². The van der Waals surface area contributed by atoms with Crippen LogP contribution in [0, 0.1) is 0 Å². The third kappa shape index (κ3) is 35.8. The van der Waals surface area contributed by atoms with Crippen LogP contribution < -0.4 is 5.11 Å². The Balaban J connectivity index is 4.04. The lowest BCUT2D eigenvalue weighted by Crippen LogP contribution is -2.55. The summed E-state index contributed by atoms with van der Waals surface area (Å²) in [7, 11) is 5.39. The van der Waals surface area contributed by atoms with E-state index in [-0.39, 0.29) is 49.1 Å². The van der Waals surface area contributed by atoms with Gasteiger partial charge in [-0.05, 0) is 25.7 Å². The Morgan fingerprint density at radius 2 is 0.963 bits per heavy atom. The number of allylic oxidation sites excluding steroid dienone is 2. The Labute approximate surface area is 333 Å². The molecule has 0 aromatic rings. The molecule has 0 rings (SSSR count). The largest absolute Gasteiger partial charge is 0.544 e. The molecule has 0 N–H and O–H groups in total. The molecule has 8 heteroatoms. The molecule has 0 aromatic heterocycles. The van der Waals surface area contributed by atoms with Gasteiger partial charge in [-0.25, -0.2) is 0 Å². The van der Waals surface area contributed by atoms with E-state index in [4.69, 9.17) is 14.2 Å². The molecule has 0 saturated heterocycles. The van der Waals surface area contributed by atoms with E-state index < -0.39 is 18.1 Å². The third-order valence-electron chi connectivity index (χ3n) is 10.4. The second kappa shape index (κ2) is 38.0. The first-order chi connectivity index (χ1) is 26.1. The summed E-state index contributed by atoms with van der Waals surface area (Å²) in [4.78, 5) is 36.6. The standard InChI is InChI=1S/C46H87NO7/c1-6-8-10-12-14-15-16-17-18-19-20-21-22-23-24-25-26-27-28-29-31-32-34-36-44(48)53-41-42(40-52-39-38-43(46(50)51)47(3,4)5)54-45(49)37-35-33-30-13-11-9-7-2/h30,33,42-43H,6-29,31-32,34-41H2,1-5H3/b33-30+. The van der Waals surface area contributed by atoms with Crippen molar-refractivity contribution in [3.63, 3.8) is 0 Å². The van der Waals surface area contributed by atoms with Crippen molar-refractivity contribution in [2.45, 2.75) is 225 Å². The Hall–Kier alpha value is -1.93. The summed E-state index contributed by atoms with van der Waals surface area (Å²) in [6.07, 6.45) is 40.0. The normalized spacial score (nSPS) is 13.0. The highest BCUT2D eigenvalue weighted by atomic mass is 16.6. The fraction of sp³-hybridized carbons (Fsp3) is 0.891. The average Bonchev–Trinajstić information content (AvgIpc) is 3.12. The van der Waals surface area contributed by atoms with Gasteiger partial charge in [-0.1, -0.05) is 180 Å². The summed E-state index contributed by atoms with van der Waals surface area (Å²) in [5, 5.41) is 11.6. The Bertz CT molecular complexity index is 900. The molecule has 0 aliphatic heterocycles. The number of carbonyl (C=O) groups excluding carboxylic acids is 3. The summed E-state index contributed by atoms with van der Waals surface area (Å²) in [6.45, 7) is 4.58. The number of esters is 2. The SMILES string of the molecule is CCCCC/C=C/CCC(=O)OC(COCCC(C(=O)[O-])[N+](C)(C)C)COC(=O)CCCCCCCCCCCCCCCCCCCCCCCCC. The van der Waals surface area contributed by atoms with Crippen molar-refractivity contribution in [2.75, 3.05) is 41.0 Å². The number of aliphatic carboxylic acids is 1. The van der Waals surface area contributed by atoms with Crippen molar-refractivity contribution in [1.82, 2.24) is 0 Å². The zero-order valence-corrected chi connectivity index (χ0v) is 36.2. The predicted molar refractivity (Wildman–Crippen MR) is 222 cm³/mol. The molecule has 318 valence electrons. The number of carbonyl (C=O) groups is 3. The number of rotatable bonds is 41. The lowest BCUT2D eigenvalue weighted by Gasteiger charge is -2.34. The summed E-state index contributed by atoms with van der Waals surface area (Å²) in [5.41, 5.74) is 0. The van der Waals surface area contributed by atoms with E-state index in [9.17, 15) is 19.5 Å². The number of nitrogens with zero attached hydrogens (tertiary/aromatic N) is 1. The van der Waals surface area contributed by atoms with Crippen LogP contribution in [0.25, 0.3) is 0 Å². The van der Waals surface area contributed by atoms with E-state index in [1.165, 1.54) is 141 Å². The molecule has 0 saturated carbocycles. The maximum Gasteiger partial charge on any atom is 0.306 e. The molecular formula is C46H87NO7. The molecule has 0 aliphatic rings. The number of carboxylic acids is 1. The molecule has 0 aromatic carbocycles. The molecule has 2 unspecified atom stereocenters. The van der Waals surface area contributed by atoms with Gasteiger partial charge in [0.25, 0.3) is 0 Å². The van der Waals surface area contributed by atoms with Crippen molar-refractivity contribution >= 4 is 17.9 Å². The number of hydrogen-bond acceptors (Lipinski definition) is 7. The van der Waals surface area contributed by atoms with Gasteiger partial charge >= 0.3 is 11.9 Å². The monoisotopic (exact) mass is 766 g/mol. The number of carboxylic acid groups (broad SMARTS) is 1. The number of ether oxygens (including phenoxy) is 3. The molecule has 54 heavy (non-hydrogen) atoms. The topological polar surface area (TPSA) is 102 Å². The second-order valence-corrected chi connectivity index (χ2v) is 16.6. The van der Waals surface area contributed by atoms with Crippen molar-refractivity contribution in [2.24, 2.45) is 0 Å². The molecule has 0 amide bonds. The van der Waals surface area contributed by atoms with Crippen molar-refractivity contribution < 1.29 is 38.2 Å². The van der Waals surface area contributed by atoms with Crippen LogP contribution in [0.5, 0.6) is 0 Å². The highest BCUT2D eigenvalue weighted by molar-refractivity contribution is 5.70. The van der Waals surface area contributed by atoms with Crippen LogP contribution >= 0.6 is 0 Å². The number of hydrogen-bond donors (Lipinski definition) is 0. The number of unbranched alkanes of at least 4 members (excludes halogenated alkanes) is 25. The fourth-order valence-electron chi connectivity index (χ4n) is 6.85. The van der Waals surface area contributed by atoms with E-state index in [1.807, 2.05) is 6.08 Å². The lowest BCUT2D eigenvalue weighted by atomic mass is 10.0. The molecule has 0 bridgehead atoms. The van der Waals surface area contributed by atoms with Gasteiger partial charge in [-0.3, -0.25) is 9.59 Å². The first-order valence-electron chi connectivity index (χ1n) is 22.7. The fourth-order valence-corrected chi connectivity index (χ4v) is 6.85. The van der Waals surface area contributed by atoms with E-state index in [1.54, 1.807) is 21.1 Å². The van der Waals surface area contributed by atoms with Gasteiger partial charge in [0.05, 0.1) is 40.3 Å². The quantitative estimate of drug-likeness (QED) is 0.0264. The van der Waals surface area contributed by atoms with Crippen LogP contribution in [-0.4, -0.2) is 75.5 Å². The maximum atomic E-state index is 12.5. The van der Waals surface area contributed by atoms with Crippen LogP contribution in [-0.2, 0) is 28.6 Å². The molecule has 0 spiro atoms. The first kappa shape index (κ1) is 52.1. The van der Waals surface area contributed by atoms with E-state index in [0.717, 1.165) is 32.1 Å². The molecule has 0 heterocycles. The third-order valence-corrected chi connectivity index (χ3v) is 10.4. The summed E-state index contributed by atoms with van der Waals surface area (Å²) in [6, 6.07) is -0.725. The van der Waals surface area contributed by atoms with Crippen molar-refractivity contribution in [3.8, 4) is 0 Å². The minimum atomic E-state index is -1.13. The molecule has 0 fully saturated rings. The predicted octanol–water partition coefficient (Wildman–Crippen LogP) is 11.0.